The first kappa shape index (κ1) is 18.2. The van der Waals surface area contributed by atoms with Crippen LogP contribution < -0.4 is 5.32 Å². The van der Waals surface area contributed by atoms with E-state index in [9.17, 15) is 14.7 Å². The van der Waals surface area contributed by atoms with Gasteiger partial charge in [0.25, 0.3) is 5.91 Å². The third kappa shape index (κ3) is 3.54. The first-order chi connectivity index (χ1) is 11.9. The summed E-state index contributed by atoms with van der Waals surface area (Å²) in [5.41, 5.74) is 0.816. The Morgan fingerprint density at radius 3 is 2.96 bits per heavy atom. The Bertz CT molecular complexity index is 753. The molecule has 3 rings (SSSR count). The summed E-state index contributed by atoms with van der Waals surface area (Å²) >= 11 is 8.50. The zero-order valence-electron chi connectivity index (χ0n) is 13.6. The van der Waals surface area contributed by atoms with Crippen LogP contribution in [0.2, 0.25) is 0 Å². The van der Waals surface area contributed by atoms with Gasteiger partial charge < -0.3 is 10.4 Å². The van der Waals surface area contributed by atoms with Gasteiger partial charge in [-0.05, 0) is 31.6 Å². The van der Waals surface area contributed by atoms with Crippen LogP contribution in [0.1, 0.15) is 13.8 Å². The van der Waals surface area contributed by atoms with Gasteiger partial charge in [-0.3, -0.25) is 9.69 Å². The number of amides is 1. The number of carbonyl (C=O) groups is 2. The second-order valence-electron chi connectivity index (χ2n) is 5.76. The molecule has 2 aliphatic rings. The molecule has 0 aromatic carbocycles. The molecule has 2 aliphatic heterocycles. The fourth-order valence-electron chi connectivity index (χ4n) is 2.70. The molecule has 1 amide bonds. The Balaban J connectivity index is 1.64. The van der Waals surface area contributed by atoms with E-state index in [0.29, 0.717) is 16.3 Å². The summed E-state index contributed by atoms with van der Waals surface area (Å²) in [5, 5.41) is 13.1. The van der Waals surface area contributed by atoms with E-state index in [2.05, 4.69) is 10.3 Å². The molecule has 3 heterocycles. The van der Waals surface area contributed by atoms with E-state index < -0.39 is 12.0 Å². The molecule has 25 heavy (non-hydrogen) atoms. The largest absolute Gasteiger partial charge is 0.477 e. The van der Waals surface area contributed by atoms with Gasteiger partial charge in [0.15, 0.2) is 0 Å². The minimum absolute atomic E-state index is 0.0448. The van der Waals surface area contributed by atoms with Crippen molar-refractivity contribution in [2.45, 2.75) is 35.5 Å². The number of carboxylic acids is 1. The molecule has 132 valence electrons. The summed E-state index contributed by atoms with van der Waals surface area (Å²) in [5.74, 6) is -0.707. The van der Waals surface area contributed by atoms with Gasteiger partial charge in [-0.25, -0.2) is 9.78 Å². The van der Waals surface area contributed by atoms with Crippen molar-refractivity contribution in [1.29, 1.82) is 0 Å². The number of rotatable bonds is 5. The molecular formula is C16H17N3O3S3. The molecule has 1 saturated heterocycles. The van der Waals surface area contributed by atoms with E-state index in [0.717, 1.165) is 5.03 Å². The summed E-state index contributed by atoms with van der Waals surface area (Å²) < 4.78 is 0. The van der Waals surface area contributed by atoms with E-state index in [1.54, 1.807) is 24.9 Å². The normalized spacial score (nSPS) is 23.6. The van der Waals surface area contributed by atoms with Gasteiger partial charge in [-0.2, -0.15) is 0 Å². The topological polar surface area (TPSA) is 82.5 Å². The van der Waals surface area contributed by atoms with Gasteiger partial charge in [-0.1, -0.05) is 30.0 Å². The fraction of sp³-hybridized carbons (Fsp3) is 0.375. The maximum atomic E-state index is 12.4. The van der Waals surface area contributed by atoms with E-state index >= 15 is 0 Å². The van der Waals surface area contributed by atoms with E-state index in [4.69, 9.17) is 12.2 Å². The molecule has 0 saturated carbocycles. The third-order valence-corrected chi connectivity index (χ3v) is 7.08. The maximum absolute atomic E-state index is 12.4. The van der Waals surface area contributed by atoms with E-state index in [1.165, 1.54) is 16.7 Å². The number of thiocarbonyl (C=S) groups is 1. The smallest absolute Gasteiger partial charge is 0.352 e. The Morgan fingerprint density at radius 1 is 1.56 bits per heavy atom. The monoisotopic (exact) mass is 395 g/mol. The summed E-state index contributed by atoms with van der Waals surface area (Å²) in [7, 11) is 0. The number of hydrogen-bond acceptors (Lipinski definition) is 6. The molecule has 1 fully saturated rings. The Kier molecular flexibility index (Phi) is 5.35. The molecule has 6 nitrogen and oxygen atoms in total. The summed E-state index contributed by atoms with van der Waals surface area (Å²) in [4.78, 5) is 30.1. The molecule has 1 aromatic rings. The van der Waals surface area contributed by atoms with Crippen LogP contribution in [0, 0.1) is 0 Å². The molecule has 3 atom stereocenters. The molecule has 1 aromatic heterocycles. The van der Waals surface area contributed by atoms with Crippen LogP contribution in [0.25, 0.3) is 0 Å². The van der Waals surface area contributed by atoms with Crippen LogP contribution in [0.5, 0.6) is 0 Å². The summed E-state index contributed by atoms with van der Waals surface area (Å²) in [6, 6.07) is 5.19. The summed E-state index contributed by atoms with van der Waals surface area (Å²) in [6.07, 6.45) is 1.72. The quantitative estimate of drug-likeness (QED) is 0.446. The van der Waals surface area contributed by atoms with Crippen molar-refractivity contribution in [2.24, 2.45) is 0 Å². The number of carbonyl (C=O) groups excluding carboxylic acids is 1. The zero-order valence-corrected chi connectivity index (χ0v) is 16.1. The predicted octanol–water partition coefficient (Wildman–Crippen LogP) is 2.12. The van der Waals surface area contributed by atoms with Crippen molar-refractivity contribution in [2.75, 3.05) is 5.75 Å². The summed E-state index contributed by atoms with van der Waals surface area (Å²) in [6.45, 7) is 3.70. The number of aromatic nitrogens is 1. The molecule has 0 radical (unpaired) electrons. The van der Waals surface area contributed by atoms with Crippen molar-refractivity contribution in [1.82, 2.24) is 15.2 Å². The highest BCUT2D eigenvalue weighted by atomic mass is 32.2. The number of nitrogens with one attached hydrogen (secondary N) is 1. The minimum Gasteiger partial charge on any atom is -0.477 e. The molecular weight excluding hydrogens is 378 g/mol. The Morgan fingerprint density at radius 2 is 2.32 bits per heavy atom. The van der Waals surface area contributed by atoms with Gasteiger partial charge >= 0.3 is 5.97 Å². The van der Waals surface area contributed by atoms with Crippen molar-refractivity contribution >= 4 is 52.6 Å². The number of fused-ring (bicyclic) bond motifs is 1. The van der Waals surface area contributed by atoms with Gasteiger partial charge in [0.05, 0.1) is 15.3 Å². The lowest BCUT2D eigenvalue weighted by molar-refractivity contribution is -0.148. The van der Waals surface area contributed by atoms with E-state index in [1.807, 2.05) is 25.1 Å². The van der Waals surface area contributed by atoms with Gasteiger partial charge in [-0.15, -0.1) is 11.8 Å². The van der Waals surface area contributed by atoms with Crippen molar-refractivity contribution in [3.05, 3.63) is 35.7 Å². The highest BCUT2D eigenvalue weighted by Crippen LogP contribution is 2.40. The minimum atomic E-state index is -1.06. The van der Waals surface area contributed by atoms with Crippen molar-refractivity contribution in [3.8, 4) is 0 Å². The zero-order chi connectivity index (χ0) is 18.1. The Hall–Kier alpha value is -1.58. The van der Waals surface area contributed by atoms with Gasteiger partial charge in [0, 0.05) is 11.9 Å². The fourth-order valence-corrected chi connectivity index (χ4v) is 5.08. The standard InChI is InChI=1S/C16H17N3O3S3/c1-8-7-24-15-11(14(20)19(15)12(8)16(21)22)18-13(23)9(2)25-10-5-3-4-6-17-10/h3-6,9,11,15H,7H2,1-2H3,(H,18,23)(H,21,22)/t9?,11-,15+/m1/s1. The van der Waals surface area contributed by atoms with Crippen molar-refractivity contribution in [3.63, 3.8) is 0 Å². The molecule has 0 aliphatic carbocycles. The second kappa shape index (κ2) is 7.35. The van der Waals surface area contributed by atoms with Crippen LogP contribution >= 0.6 is 35.7 Å². The molecule has 0 spiro atoms. The van der Waals surface area contributed by atoms with Gasteiger partial charge in [0.1, 0.15) is 17.1 Å². The number of thioether (sulfide) groups is 2. The van der Waals surface area contributed by atoms with Crippen molar-refractivity contribution < 1.29 is 14.7 Å². The number of carboxylic acid groups (broad SMARTS) is 1. The predicted molar refractivity (Wildman–Crippen MR) is 103 cm³/mol. The lowest BCUT2D eigenvalue weighted by Gasteiger charge is -2.49. The molecule has 0 bridgehead atoms. The SMILES string of the molecule is CC1=C(C(=O)O)N2C(=O)[C@@H](NC(=S)C(C)Sc3ccccn3)[C@@H]2SC1. The van der Waals surface area contributed by atoms with Crippen LogP contribution in [0.15, 0.2) is 40.7 Å². The second-order valence-corrected chi connectivity index (χ2v) is 8.66. The van der Waals surface area contributed by atoms with Crippen LogP contribution in [0.4, 0.5) is 0 Å². The molecule has 9 heteroatoms. The number of pyridine rings is 1. The lowest BCUT2D eigenvalue weighted by atomic mass is 10.0. The highest BCUT2D eigenvalue weighted by molar-refractivity contribution is 8.01. The average Bonchev–Trinajstić information content (AvgIpc) is 2.59. The number of hydrogen-bond donors (Lipinski definition) is 2. The van der Waals surface area contributed by atoms with E-state index in [-0.39, 0.29) is 22.2 Å². The number of β-lactam (4-membered cyclic amide) rings is 1. The van der Waals surface area contributed by atoms with Crippen LogP contribution in [-0.4, -0.2) is 54.3 Å². The third-order valence-electron chi connectivity index (χ3n) is 3.96. The average molecular weight is 396 g/mol. The Labute approximate surface area is 159 Å². The maximum Gasteiger partial charge on any atom is 0.352 e. The number of nitrogens with zero attached hydrogens (tertiary/aromatic N) is 2. The lowest BCUT2D eigenvalue weighted by Crippen LogP contribution is -2.70. The highest BCUT2D eigenvalue weighted by Gasteiger charge is 2.53. The van der Waals surface area contributed by atoms with Crippen LogP contribution in [0.3, 0.4) is 0 Å². The molecule has 1 unspecified atom stereocenters. The first-order valence-electron chi connectivity index (χ1n) is 7.66. The van der Waals surface area contributed by atoms with Gasteiger partial charge in [0.2, 0.25) is 0 Å². The molecule has 2 N–H and O–H groups in total. The first-order valence-corrected chi connectivity index (χ1v) is 9.99. The van der Waals surface area contributed by atoms with Crippen LogP contribution in [-0.2, 0) is 9.59 Å². The number of aliphatic carboxylic acids is 1.